The number of carbonyl (C=O) groups excluding carboxylic acids is 1. The topological polar surface area (TPSA) is 46.3 Å². The van der Waals surface area contributed by atoms with Crippen LogP contribution < -0.4 is 5.73 Å². The highest BCUT2D eigenvalue weighted by molar-refractivity contribution is 9.10. The van der Waals surface area contributed by atoms with Gasteiger partial charge in [0.05, 0.1) is 12.0 Å². The van der Waals surface area contributed by atoms with E-state index in [1.807, 2.05) is 29.2 Å². The van der Waals surface area contributed by atoms with Crippen molar-refractivity contribution in [3.8, 4) is 0 Å². The first-order valence-corrected chi connectivity index (χ1v) is 7.59. The monoisotopic (exact) mass is 324 g/mol. The lowest BCUT2D eigenvalue weighted by molar-refractivity contribution is -0.138. The van der Waals surface area contributed by atoms with E-state index in [1.165, 1.54) is 0 Å². The van der Waals surface area contributed by atoms with Crippen molar-refractivity contribution in [2.45, 2.75) is 38.1 Å². The lowest BCUT2D eigenvalue weighted by atomic mass is 9.88. The number of amides is 1. The van der Waals surface area contributed by atoms with E-state index in [9.17, 15) is 4.79 Å². The molecular weight excluding hydrogens is 304 g/mol. The summed E-state index contributed by atoms with van der Waals surface area (Å²) in [6.07, 6.45) is 3.72. The molecule has 1 aliphatic heterocycles. The van der Waals surface area contributed by atoms with Gasteiger partial charge in [-0.05, 0) is 43.9 Å². The summed E-state index contributed by atoms with van der Waals surface area (Å²) >= 11 is 3.41. The van der Waals surface area contributed by atoms with Crippen molar-refractivity contribution in [3.63, 3.8) is 0 Å². The molecule has 0 saturated carbocycles. The average Bonchev–Trinajstić information content (AvgIpc) is 2.42. The van der Waals surface area contributed by atoms with Crippen LogP contribution >= 0.6 is 15.9 Å². The Morgan fingerprint density at radius 2 is 2.05 bits per heavy atom. The highest BCUT2D eigenvalue weighted by Crippen LogP contribution is 2.27. The molecule has 1 atom stereocenters. The minimum atomic E-state index is -0.162. The third kappa shape index (κ3) is 3.37. The normalized spacial score (nSPS) is 23.4. The number of hydrogen-bond donors (Lipinski definition) is 1. The maximum atomic E-state index is 12.5. The largest absolute Gasteiger partial charge is 0.336 e. The lowest BCUT2D eigenvalue weighted by Gasteiger charge is -2.44. The molecule has 0 radical (unpaired) electrons. The minimum Gasteiger partial charge on any atom is -0.336 e. The number of halogens is 1. The fourth-order valence-corrected chi connectivity index (χ4v) is 2.96. The third-order valence-electron chi connectivity index (χ3n) is 4.01. The number of nitrogens with two attached hydrogens (primary N) is 1. The number of nitrogens with zero attached hydrogens (tertiary/aromatic N) is 1. The Morgan fingerprint density at radius 3 is 2.68 bits per heavy atom. The van der Waals surface area contributed by atoms with Gasteiger partial charge in [0.2, 0.25) is 5.91 Å². The molecule has 19 heavy (non-hydrogen) atoms. The molecule has 4 heteroatoms. The maximum absolute atomic E-state index is 12.5. The van der Waals surface area contributed by atoms with Crippen molar-refractivity contribution >= 4 is 21.8 Å². The van der Waals surface area contributed by atoms with E-state index < -0.39 is 0 Å². The number of carbonyl (C=O) groups is 1. The summed E-state index contributed by atoms with van der Waals surface area (Å²) in [7, 11) is 0. The van der Waals surface area contributed by atoms with Gasteiger partial charge in [-0.1, -0.05) is 28.1 Å². The van der Waals surface area contributed by atoms with Crippen molar-refractivity contribution in [2.24, 2.45) is 5.73 Å². The molecule has 0 aromatic heterocycles. The fraction of sp³-hybridized carbons (Fsp3) is 0.533. The standard InChI is InChI=1S/C15H21BrN2O/c1-15(11-17)8-2-3-9-18(15)14(19)10-12-4-6-13(16)7-5-12/h4-7H,2-3,8-11,17H2,1H3. The lowest BCUT2D eigenvalue weighted by Crippen LogP contribution is -2.57. The van der Waals surface area contributed by atoms with E-state index in [0.29, 0.717) is 13.0 Å². The molecule has 0 bridgehead atoms. The number of hydrogen-bond acceptors (Lipinski definition) is 2. The first-order chi connectivity index (χ1) is 9.05. The SMILES string of the molecule is CC1(CN)CCCCN1C(=O)Cc1ccc(Br)cc1. The summed E-state index contributed by atoms with van der Waals surface area (Å²) in [5.74, 6) is 0.190. The second kappa shape index (κ2) is 6.06. The van der Waals surface area contributed by atoms with E-state index in [2.05, 4.69) is 22.9 Å². The molecule has 1 heterocycles. The Bertz CT molecular complexity index is 446. The second-order valence-electron chi connectivity index (χ2n) is 5.51. The highest BCUT2D eigenvalue weighted by Gasteiger charge is 2.35. The minimum absolute atomic E-state index is 0.162. The Morgan fingerprint density at radius 1 is 1.37 bits per heavy atom. The van der Waals surface area contributed by atoms with E-state index in [4.69, 9.17) is 5.73 Å². The summed E-state index contributed by atoms with van der Waals surface area (Å²) in [6.45, 7) is 3.48. The van der Waals surface area contributed by atoms with Gasteiger partial charge in [-0.25, -0.2) is 0 Å². The number of piperidine rings is 1. The zero-order valence-corrected chi connectivity index (χ0v) is 12.9. The van der Waals surface area contributed by atoms with Gasteiger partial charge in [0, 0.05) is 17.6 Å². The highest BCUT2D eigenvalue weighted by atomic mass is 79.9. The summed E-state index contributed by atoms with van der Waals surface area (Å²) in [5.41, 5.74) is 6.77. The van der Waals surface area contributed by atoms with E-state index in [-0.39, 0.29) is 11.4 Å². The van der Waals surface area contributed by atoms with Crippen LogP contribution in [0.4, 0.5) is 0 Å². The van der Waals surface area contributed by atoms with Gasteiger partial charge in [0.15, 0.2) is 0 Å². The molecule has 1 aliphatic rings. The third-order valence-corrected chi connectivity index (χ3v) is 4.54. The van der Waals surface area contributed by atoms with Gasteiger partial charge in [-0.2, -0.15) is 0 Å². The number of benzene rings is 1. The number of likely N-dealkylation sites (tertiary alicyclic amines) is 1. The van der Waals surface area contributed by atoms with Crippen LogP contribution in [0, 0.1) is 0 Å². The smallest absolute Gasteiger partial charge is 0.227 e. The second-order valence-corrected chi connectivity index (χ2v) is 6.42. The molecule has 104 valence electrons. The summed E-state index contributed by atoms with van der Waals surface area (Å²) < 4.78 is 1.04. The fourth-order valence-electron chi connectivity index (χ4n) is 2.69. The van der Waals surface area contributed by atoms with Gasteiger partial charge in [0.1, 0.15) is 0 Å². The predicted molar refractivity (Wildman–Crippen MR) is 80.9 cm³/mol. The molecule has 1 aromatic rings. The maximum Gasteiger partial charge on any atom is 0.227 e. The van der Waals surface area contributed by atoms with Crippen LogP contribution in [0.3, 0.4) is 0 Å². The van der Waals surface area contributed by atoms with E-state index in [1.54, 1.807) is 0 Å². The first-order valence-electron chi connectivity index (χ1n) is 6.80. The van der Waals surface area contributed by atoms with Crippen molar-refractivity contribution in [1.29, 1.82) is 0 Å². The molecule has 3 nitrogen and oxygen atoms in total. The summed E-state index contributed by atoms with van der Waals surface area (Å²) in [4.78, 5) is 14.5. The average molecular weight is 325 g/mol. The molecule has 1 saturated heterocycles. The van der Waals surface area contributed by atoms with Crippen LogP contribution in [0.1, 0.15) is 31.7 Å². The summed E-state index contributed by atoms with van der Waals surface area (Å²) in [6, 6.07) is 7.93. The Balaban J connectivity index is 2.08. The van der Waals surface area contributed by atoms with Crippen LogP contribution in [0.2, 0.25) is 0 Å². The zero-order chi connectivity index (χ0) is 13.9. The molecule has 1 unspecified atom stereocenters. The Hall–Kier alpha value is -0.870. The van der Waals surface area contributed by atoms with Crippen molar-refractivity contribution in [2.75, 3.05) is 13.1 Å². The zero-order valence-electron chi connectivity index (χ0n) is 11.4. The molecule has 0 spiro atoms. The molecule has 1 fully saturated rings. The van der Waals surface area contributed by atoms with Crippen LogP contribution in [-0.2, 0) is 11.2 Å². The Kier molecular flexibility index (Phi) is 4.63. The molecule has 2 N–H and O–H groups in total. The van der Waals surface area contributed by atoms with Gasteiger partial charge >= 0.3 is 0 Å². The van der Waals surface area contributed by atoms with Gasteiger partial charge in [0.25, 0.3) is 0 Å². The van der Waals surface area contributed by atoms with Crippen molar-refractivity contribution < 1.29 is 4.79 Å². The molecule has 1 aromatic carbocycles. The quantitative estimate of drug-likeness (QED) is 0.929. The van der Waals surface area contributed by atoms with Gasteiger partial charge in [-0.15, -0.1) is 0 Å². The van der Waals surface area contributed by atoms with Crippen molar-refractivity contribution in [3.05, 3.63) is 34.3 Å². The first kappa shape index (κ1) is 14.5. The van der Waals surface area contributed by atoms with Gasteiger partial charge in [-0.3, -0.25) is 4.79 Å². The van der Waals surface area contributed by atoms with Crippen molar-refractivity contribution in [1.82, 2.24) is 4.90 Å². The van der Waals surface area contributed by atoms with E-state index >= 15 is 0 Å². The van der Waals surface area contributed by atoms with E-state index in [0.717, 1.165) is 35.8 Å². The van der Waals surface area contributed by atoms with Gasteiger partial charge < -0.3 is 10.6 Å². The molecular formula is C15H21BrN2O. The number of rotatable bonds is 3. The Labute approximate surface area is 123 Å². The molecule has 1 amide bonds. The van der Waals surface area contributed by atoms with Crippen LogP contribution in [0.5, 0.6) is 0 Å². The molecule has 2 rings (SSSR count). The molecule has 0 aliphatic carbocycles. The van der Waals surface area contributed by atoms with Crippen LogP contribution in [0.15, 0.2) is 28.7 Å². The summed E-state index contributed by atoms with van der Waals surface area (Å²) in [5, 5.41) is 0. The van der Waals surface area contributed by atoms with Crippen LogP contribution in [0.25, 0.3) is 0 Å². The van der Waals surface area contributed by atoms with Crippen LogP contribution in [-0.4, -0.2) is 29.4 Å². The predicted octanol–water partition coefficient (Wildman–Crippen LogP) is 2.72.